The Balaban J connectivity index is 1.55. The van der Waals surface area contributed by atoms with E-state index in [1.165, 1.54) is 41.1 Å². The molecule has 30 heavy (non-hydrogen) atoms. The molecule has 7 nitrogen and oxygen atoms in total. The molecule has 3 aromatic rings. The predicted octanol–water partition coefficient (Wildman–Crippen LogP) is 3.21. The van der Waals surface area contributed by atoms with E-state index in [9.17, 15) is 13.6 Å². The van der Waals surface area contributed by atoms with Crippen molar-refractivity contribution in [3.63, 3.8) is 0 Å². The maximum Gasteiger partial charge on any atom is 0.233 e. The van der Waals surface area contributed by atoms with Gasteiger partial charge in [-0.15, -0.1) is 10.2 Å². The Kier molecular flexibility index (Phi) is 6.88. The van der Waals surface area contributed by atoms with Crippen molar-refractivity contribution in [3.8, 4) is 5.75 Å². The van der Waals surface area contributed by atoms with E-state index in [1.807, 2.05) is 6.92 Å². The molecule has 0 radical (unpaired) electrons. The minimum absolute atomic E-state index is 0.0396. The van der Waals surface area contributed by atoms with E-state index in [-0.39, 0.29) is 30.2 Å². The third kappa shape index (κ3) is 5.47. The first kappa shape index (κ1) is 21.6. The average Bonchev–Trinajstić information content (AvgIpc) is 3.07. The molecule has 1 heterocycles. The summed E-state index contributed by atoms with van der Waals surface area (Å²) in [4.78, 5) is 12.5. The van der Waals surface area contributed by atoms with E-state index in [0.717, 1.165) is 17.3 Å². The fourth-order valence-electron chi connectivity index (χ4n) is 2.54. The number of amides is 1. The second kappa shape index (κ2) is 9.57. The zero-order chi connectivity index (χ0) is 21.7. The minimum atomic E-state index is -0.495. The van der Waals surface area contributed by atoms with Gasteiger partial charge in [-0.05, 0) is 55.8 Å². The molecule has 0 saturated heterocycles. The molecule has 0 bridgehead atoms. The second-order valence-corrected chi connectivity index (χ2v) is 7.86. The Hall–Kier alpha value is -3.14. The number of rotatable bonds is 8. The first-order valence-electron chi connectivity index (χ1n) is 9.13. The van der Waals surface area contributed by atoms with Crippen molar-refractivity contribution in [1.29, 1.82) is 0 Å². The first-order valence-corrected chi connectivity index (χ1v) is 10.0. The molecular formula is C20H21F2N5O2S. The van der Waals surface area contributed by atoms with Gasteiger partial charge >= 0.3 is 0 Å². The number of hydrogen-bond acceptors (Lipinski definition) is 6. The summed E-state index contributed by atoms with van der Waals surface area (Å²) in [7, 11) is 0. The number of halogens is 2. The summed E-state index contributed by atoms with van der Waals surface area (Å²) in [6.45, 7) is 3.58. The lowest BCUT2D eigenvalue weighted by Crippen LogP contribution is -2.33. The van der Waals surface area contributed by atoms with Gasteiger partial charge in [0.15, 0.2) is 5.82 Å². The molecule has 1 amide bonds. The molecule has 0 fully saturated rings. The maximum atomic E-state index is 13.0. The molecule has 10 heteroatoms. The summed E-state index contributed by atoms with van der Waals surface area (Å²) in [5.41, 5.74) is 0.796. The van der Waals surface area contributed by atoms with Crippen molar-refractivity contribution < 1.29 is 18.3 Å². The number of carbonyl (C=O) groups is 1. The molecule has 3 N–H and O–H groups in total. The number of carbonyl (C=O) groups excluding carboxylic acids is 1. The SMILES string of the molecule is CC(Sc1nnc(COc2ccc(F)cc2)n1N)C(=O)NC(C)c1ccc(F)cc1. The van der Waals surface area contributed by atoms with Gasteiger partial charge in [0.05, 0.1) is 11.3 Å². The monoisotopic (exact) mass is 433 g/mol. The summed E-state index contributed by atoms with van der Waals surface area (Å²) >= 11 is 1.15. The van der Waals surface area contributed by atoms with Crippen molar-refractivity contribution >= 4 is 17.7 Å². The number of ether oxygens (including phenoxy) is 1. The van der Waals surface area contributed by atoms with Crippen molar-refractivity contribution in [1.82, 2.24) is 20.2 Å². The maximum absolute atomic E-state index is 13.0. The van der Waals surface area contributed by atoms with Crippen LogP contribution in [-0.2, 0) is 11.4 Å². The van der Waals surface area contributed by atoms with Crippen LogP contribution in [0.15, 0.2) is 53.7 Å². The van der Waals surface area contributed by atoms with Gasteiger partial charge in [-0.1, -0.05) is 23.9 Å². The zero-order valence-electron chi connectivity index (χ0n) is 16.4. The number of nitrogen functional groups attached to an aromatic ring is 1. The topological polar surface area (TPSA) is 95.1 Å². The van der Waals surface area contributed by atoms with Crippen molar-refractivity contribution in [2.75, 3.05) is 5.84 Å². The smallest absolute Gasteiger partial charge is 0.233 e. The Labute approximate surface area is 176 Å². The Bertz CT molecular complexity index is 995. The molecule has 0 aliphatic heterocycles. The molecule has 3 rings (SSSR count). The van der Waals surface area contributed by atoms with Crippen LogP contribution >= 0.6 is 11.8 Å². The molecule has 0 saturated carbocycles. The molecule has 1 aromatic heterocycles. The van der Waals surface area contributed by atoms with Crippen LogP contribution in [0.5, 0.6) is 5.75 Å². The van der Waals surface area contributed by atoms with Crippen LogP contribution in [0, 0.1) is 11.6 Å². The molecule has 2 unspecified atom stereocenters. The van der Waals surface area contributed by atoms with Gasteiger partial charge < -0.3 is 15.9 Å². The van der Waals surface area contributed by atoms with Crippen LogP contribution in [0.3, 0.4) is 0 Å². The quantitative estimate of drug-likeness (QED) is 0.418. The number of nitrogens with one attached hydrogen (secondary N) is 1. The summed E-state index contributed by atoms with van der Waals surface area (Å²) in [5.74, 6) is 5.93. The van der Waals surface area contributed by atoms with Crippen molar-refractivity contribution in [2.45, 2.75) is 36.9 Å². The van der Waals surface area contributed by atoms with Gasteiger partial charge in [-0.3, -0.25) is 4.79 Å². The van der Waals surface area contributed by atoms with Crippen LogP contribution in [0.2, 0.25) is 0 Å². The standard InChI is InChI=1S/C20H21F2N5O2S/c1-12(14-3-5-15(21)6-4-14)24-19(28)13(2)30-20-26-25-18(27(20)23)11-29-17-9-7-16(22)8-10-17/h3-10,12-13H,11,23H2,1-2H3,(H,24,28). The Morgan fingerprint density at radius 3 is 2.33 bits per heavy atom. The third-order valence-electron chi connectivity index (χ3n) is 4.30. The molecule has 0 spiro atoms. The van der Waals surface area contributed by atoms with E-state index >= 15 is 0 Å². The summed E-state index contributed by atoms with van der Waals surface area (Å²) in [5, 5.41) is 10.7. The lowest BCUT2D eigenvalue weighted by molar-refractivity contribution is -0.120. The van der Waals surface area contributed by atoms with E-state index < -0.39 is 5.25 Å². The second-order valence-electron chi connectivity index (χ2n) is 6.55. The fraction of sp³-hybridized carbons (Fsp3) is 0.250. The highest BCUT2D eigenvalue weighted by atomic mass is 32.2. The molecule has 0 aliphatic rings. The molecular weight excluding hydrogens is 412 g/mol. The number of thioether (sulfide) groups is 1. The van der Waals surface area contributed by atoms with Crippen LogP contribution in [0.4, 0.5) is 8.78 Å². The van der Waals surface area contributed by atoms with Gasteiger partial charge in [0.25, 0.3) is 0 Å². The lowest BCUT2D eigenvalue weighted by atomic mass is 10.1. The Morgan fingerprint density at radius 2 is 1.70 bits per heavy atom. The third-order valence-corrected chi connectivity index (χ3v) is 5.35. The van der Waals surface area contributed by atoms with Crippen LogP contribution in [0.25, 0.3) is 0 Å². The van der Waals surface area contributed by atoms with Gasteiger partial charge in [0.2, 0.25) is 11.1 Å². The van der Waals surface area contributed by atoms with Crippen LogP contribution in [0.1, 0.15) is 31.3 Å². The number of nitrogens with two attached hydrogens (primary N) is 1. The summed E-state index contributed by atoms with van der Waals surface area (Å²) in [6, 6.07) is 11.2. The highest BCUT2D eigenvalue weighted by Crippen LogP contribution is 2.22. The molecule has 0 aliphatic carbocycles. The summed E-state index contributed by atoms with van der Waals surface area (Å²) in [6.07, 6.45) is 0. The van der Waals surface area contributed by atoms with Crippen molar-refractivity contribution in [2.24, 2.45) is 0 Å². The largest absolute Gasteiger partial charge is 0.486 e. The average molecular weight is 433 g/mol. The fourth-order valence-corrected chi connectivity index (χ4v) is 3.34. The normalized spacial score (nSPS) is 12.9. The van der Waals surface area contributed by atoms with Crippen LogP contribution < -0.4 is 15.9 Å². The highest BCUT2D eigenvalue weighted by Gasteiger charge is 2.21. The molecule has 2 atom stereocenters. The summed E-state index contributed by atoms with van der Waals surface area (Å²) < 4.78 is 32.8. The highest BCUT2D eigenvalue weighted by molar-refractivity contribution is 8.00. The Morgan fingerprint density at radius 1 is 1.10 bits per heavy atom. The van der Waals surface area contributed by atoms with Crippen molar-refractivity contribution in [3.05, 3.63) is 71.6 Å². The van der Waals surface area contributed by atoms with E-state index in [4.69, 9.17) is 10.6 Å². The minimum Gasteiger partial charge on any atom is -0.486 e. The van der Waals surface area contributed by atoms with Gasteiger partial charge in [0.1, 0.15) is 24.0 Å². The van der Waals surface area contributed by atoms with Gasteiger partial charge in [0, 0.05) is 0 Å². The predicted molar refractivity (Wildman–Crippen MR) is 109 cm³/mol. The number of hydrogen-bond donors (Lipinski definition) is 2. The number of aromatic nitrogens is 3. The van der Waals surface area contributed by atoms with Gasteiger partial charge in [-0.25, -0.2) is 13.5 Å². The van der Waals surface area contributed by atoms with Crippen LogP contribution in [-0.4, -0.2) is 26.0 Å². The zero-order valence-corrected chi connectivity index (χ0v) is 17.2. The number of nitrogens with zero attached hydrogens (tertiary/aromatic N) is 3. The van der Waals surface area contributed by atoms with E-state index in [0.29, 0.717) is 16.7 Å². The van der Waals surface area contributed by atoms with E-state index in [2.05, 4.69) is 15.5 Å². The van der Waals surface area contributed by atoms with Gasteiger partial charge in [-0.2, -0.15) is 0 Å². The molecule has 2 aromatic carbocycles. The van der Waals surface area contributed by atoms with E-state index in [1.54, 1.807) is 19.1 Å². The first-order chi connectivity index (χ1) is 14.3. The lowest BCUT2D eigenvalue weighted by Gasteiger charge is -2.17. The molecule has 158 valence electrons. The number of benzene rings is 2.